The van der Waals surface area contributed by atoms with Crippen LogP contribution in [0.1, 0.15) is 28.9 Å². The lowest BCUT2D eigenvalue weighted by Gasteiger charge is -2.47. The minimum Gasteiger partial charge on any atom is -0.372 e. The lowest BCUT2D eigenvalue weighted by atomic mass is 9.89. The third kappa shape index (κ3) is 3.52. The molecule has 0 radical (unpaired) electrons. The number of aromatic nitrogens is 2. The van der Waals surface area contributed by atoms with Crippen LogP contribution < -0.4 is 0 Å². The number of hydrogen-bond donors (Lipinski definition) is 0. The van der Waals surface area contributed by atoms with Crippen molar-refractivity contribution in [3.05, 3.63) is 54.1 Å². The van der Waals surface area contributed by atoms with Crippen LogP contribution in [0.15, 0.2) is 42.9 Å². The van der Waals surface area contributed by atoms with Gasteiger partial charge in [0.05, 0.1) is 12.2 Å². The zero-order valence-corrected chi connectivity index (χ0v) is 15.3. The van der Waals surface area contributed by atoms with E-state index in [0.29, 0.717) is 0 Å². The summed E-state index contributed by atoms with van der Waals surface area (Å²) >= 11 is 0. The summed E-state index contributed by atoms with van der Waals surface area (Å²) in [6, 6.07) is 7.91. The molecule has 0 N–H and O–H groups in total. The van der Waals surface area contributed by atoms with E-state index in [4.69, 9.17) is 4.74 Å². The van der Waals surface area contributed by atoms with Crippen molar-refractivity contribution in [2.45, 2.75) is 25.0 Å². The molecule has 0 aromatic carbocycles. The van der Waals surface area contributed by atoms with Gasteiger partial charge in [0.25, 0.3) is 5.91 Å². The van der Waals surface area contributed by atoms with Crippen LogP contribution in [0, 0.1) is 0 Å². The van der Waals surface area contributed by atoms with Crippen LogP contribution in [-0.4, -0.2) is 63.6 Å². The number of likely N-dealkylation sites (tertiary alicyclic amines) is 1. The Labute approximate surface area is 154 Å². The Morgan fingerprint density at radius 3 is 2.77 bits per heavy atom. The van der Waals surface area contributed by atoms with E-state index in [1.165, 1.54) is 5.56 Å². The smallest absolute Gasteiger partial charge is 0.270 e. The predicted molar refractivity (Wildman–Crippen MR) is 98.7 cm³/mol. The van der Waals surface area contributed by atoms with Crippen LogP contribution in [0.4, 0.5) is 0 Å². The fourth-order valence-corrected chi connectivity index (χ4v) is 4.07. The second-order valence-electron chi connectivity index (χ2n) is 7.40. The molecule has 2 aromatic heterocycles. The van der Waals surface area contributed by atoms with Crippen molar-refractivity contribution in [3.8, 4) is 0 Å². The van der Waals surface area contributed by atoms with E-state index in [9.17, 15) is 4.79 Å². The zero-order chi connectivity index (χ0) is 18.0. The maximum absolute atomic E-state index is 12.7. The SMILES string of the molecule is Cn1cccc1C(=O)N1CCC2(CC1)CN(Cc1cccnc1)CCO2. The predicted octanol–water partition coefficient (Wildman–Crippen LogP) is 1.93. The van der Waals surface area contributed by atoms with Crippen molar-refractivity contribution >= 4 is 5.91 Å². The molecule has 138 valence electrons. The van der Waals surface area contributed by atoms with E-state index in [2.05, 4.69) is 16.0 Å². The Morgan fingerprint density at radius 1 is 1.23 bits per heavy atom. The average molecular weight is 354 g/mol. The van der Waals surface area contributed by atoms with E-state index in [1.807, 2.05) is 53.3 Å². The molecular formula is C20H26N4O2. The first-order valence-electron chi connectivity index (χ1n) is 9.31. The Balaban J connectivity index is 1.37. The highest BCUT2D eigenvalue weighted by molar-refractivity contribution is 5.92. The Hall–Kier alpha value is -2.18. The molecule has 0 bridgehead atoms. The summed E-state index contributed by atoms with van der Waals surface area (Å²) in [6.45, 7) is 5.04. The lowest BCUT2D eigenvalue weighted by Crippen LogP contribution is -2.57. The van der Waals surface area contributed by atoms with Gasteiger partial charge < -0.3 is 14.2 Å². The number of piperidine rings is 1. The normalized spacial score (nSPS) is 20.4. The molecule has 2 aliphatic heterocycles. The van der Waals surface area contributed by atoms with Crippen molar-refractivity contribution in [3.63, 3.8) is 0 Å². The summed E-state index contributed by atoms with van der Waals surface area (Å²) in [4.78, 5) is 21.3. The van der Waals surface area contributed by atoms with Crippen molar-refractivity contribution in [1.82, 2.24) is 19.4 Å². The van der Waals surface area contributed by atoms with Gasteiger partial charge in [-0.3, -0.25) is 14.7 Å². The summed E-state index contributed by atoms with van der Waals surface area (Å²) in [5.74, 6) is 0.121. The molecule has 26 heavy (non-hydrogen) atoms. The molecule has 0 atom stereocenters. The third-order valence-electron chi connectivity index (χ3n) is 5.58. The lowest BCUT2D eigenvalue weighted by molar-refractivity contribution is -0.134. The van der Waals surface area contributed by atoms with Crippen molar-refractivity contribution in [1.29, 1.82) is 0 Å². The number of carbonyl (C=O) groups is 1. The van der Waals surface area contributed by atoms with Gasteiger partial charge in [0.15, 0.2) is 0 Å². The van der Waals surface area contributed by atoms with E-state index in [-0.39, 0.29) is 11.5 Å². The summed E-state index contributed by atoms with van der Waals surface area (Å²) in [5, 5.41) is 0. The van der Waals surface area contributed by atoms with Crippen molar-refractivity contribution in [2.24, 2.45) is 7.05 Å². The van der Waals surface area contributed by atoms with Gasteiger partial charge in [0.2, 0.25) is 0 Å². The largest absolute Gasteiger partial charge is 0.372 e. The summed E-state index contributed by atoms with van der Waals surface area (Å²) < 4.78 is 8.10. The second-order valence-corrected chi connectivity index (χ2v) is 7.40. The number of ether oxygens (including phenoxy) is 1. The van der Waals surface area contributed by atoms with Gasteiger partial charge in [-0.2, -0.15) is 0 Å². The van der Waals surface area contributed by atoms with Gasteiger partial charge in [-0.05, 0) is 36.6 Å². The highest BCUT2D eigenvalue weighted by Gasteiger charge is 2.40. The van der Waals surface area contributed by atoms with Gasteiger partial charge in [0, 0.05) is 58.4 Å². The topological polar surface area (TPSA) is 50.6 Å². The quantitative estimate of drug-likeness (QED) is 0.845. The number of morpholine rings is 1. The molecule has 6 nitrogen and oxygen atoms in total. The number of rotatable bonds is 3. The summed E-state index contributed by atoms with van der Waals surface area (Å²) in [6.07, 6.45) is 7.45. The van der Waals surface area contributed by atoms with Crippen LogP contribution in [0.25, 0.3) is 0 Å². The number of aryl methyl sites for hydroxylation is 1. The molecule has 4 heterocycles. The van der Waals surface area contributed by atoms with Gasteiger partial charge in [-0.1, -0.05) is 6.07 Å². The van der Waals surface area contributed by atoms with E-state index in [0.717, 1.165) is 57.9 Å². The Kier molecular flexibility index (Phi) is 4.78. The number of nitrogens with zero attached hydrogens (tertiary/aromatic N) is 4. The van der Waals surface area contributed by atoms with Gasteiger partial charge >= 0.3 is 0 Å². The fourth-order valence-electron chi connectivity index (χ4n) is 4.07. The van der Waals surface area contributed by atoms with Crippen LogP contribution in [0.3, 0.4) is 0 Å². The summed E-state index contributed by atoms with van der Waals surface area (Å²) in [7, 11) is 1.92. The van der Waals surface area contributed by atoms with Crippen LogP contribution >= 0.6 is 0 Å². The van der Waals surface area contributed by atoms with Gasteiger partial charge in [-0.15, -0.1) is 0 Å². The summed E-state index contributed by atoms with van der Waals surface area (Å²) in [5.41, 5.74) is 1.87. The number of pyridine rings is 1. The highest BCUT2D eigenvalue weighted by atomic mass is 16.5. The molecule has 2 aliphatic rings. The molecular weight excluding hydrogens is 328 g/mol. The molecule has 0 aliphatic carbocycles. The molecule has 6 heteroatoms. The fraction of sp³-hybridized carbons (Fsp3) is 0.500. The third-order valence-corrected chi connectivity index (χ3v) is 5.58. The second kappa shape index (κ2) is 7.21. The van der Waals surface area contributed by atoms with Crippen molar-refractivity contribution < 1.29 is 9.53 Å². The molecule has 2 fully saturated rings. The monoisotopic (exact) mass is 354 g/mol. The Bertz CT molecular complexity index is 750. The molecule has 2 aromatic rings. The number of hydrogen-bond acceptors (Lipinski definition) is 4. The van der Waals surface area contributed by atoms with Crippen LogP contribution in [0.2, 0.25) is 0 Å². The molecule has 4 rings (SSSR count). The standard InChI is InChI=1S/C20H26N4O2/c1-22-9-3-5-18(22)19(25)24-10-6-20(7-11-24)16-23(12-13-26-20)15-17-4-2-8-21-14-17/h2-5,8-9,14H,6-7,10-13,15-16H2,1H3. The molecule has 1 spiro atoms. The first-order valence-corrected chi connectivity index (χ1v) is 9.31. The maximum atomic E-state index is 12.7. The average Bonchev–Trinajstić information content (AvgIpc) is 3.09. The number of amides is 1. The Morgan fingerprint density at radius 2 is 2.08 bits per heavy atom. The highest BCUT2D eigenvalue weighted by Crippen LogP contribution is 2.31. The zero-order valence-electron chi connectivity index (χ0n) is 15.3. The van der Waals surface area contributed by atoms with Crippen LogP contribution in [-0.2, 0) is 18.3 Å². The maximum Gasteiger partial charge on any atom is 0.270 e. The first kappa shape index (κ1) is 17.2. The first-order chi connectivity index (χ1) is 12.7. The van der Waals surface area contributed by atoms with Crippen LogP contribution in [0.5, 0.6) is 0 Å². The minimum atomic E-state index is -0.120. The van der Waals surface area contributed by atoms with Crippen molar-refractivity contribution in [2.75, 3.05) is 32.8 Å². The molecule has 0 saturated carbocycles. The molecule has 1 amide bonds. The van der Waals surface area contributed by atoms with Gasteiger partial charge in [-0.25, -0.2) is 0 Å². The van der Waals surface area contributed by atoms with Gasteiger partial charge in [0.1, 0.15) is 5.69 Å². The molecule has 0 unspecified atom stereocenters. The van der Waals surface area contributed by atoms with E-state index < -0.39 is 0 Å². The number of carbonyl (C=O) groups excluding carboxylic acids is 1. The molecule has 2 saturated heterocycles. The van der Waals surface area contributed by atoms with E-state index in [1.54, 1.807) is 0 Å². The minimum absolute atomic E-state index is 0.120. The van der Waals surface area contributed by atoms with E-state index >= 15 is 0 Å².